The van der Waals surface area contributed by atoms with Gasteiger partial charge in [0.1, 0.15) is 11.6 Å². The molecule has 8 nitrogen and oxygen atoms in total. The van der Waals surface area contributed by atoms with E-state index in [-0.39, 0.29) is 17.6 Å². The summed E-state index contributed by atoms with van der Waals surface area (Å²) < 4.78 is 45.1. The normalized spacial score (nSPS) is 13.0. The molecule has 2 aromatic rings. The van der Waals surface area contributed by atoms with Crippen LogP contribution in [0, 0.1) is 11.7 Å². The molecule has 1 saturated carbocycles. The molecule has 34 heavy (non-hydrogen) atoms. The molecular formula is C22H27F4N5O3. The molecule has 1 aromatic heterocycles. The first kappa shape index (κ1) is 26.8. The van der Waals surface area contributed by atoms with Crippen LogP contribution in [-0.4, -0.2) is 46.2 Å². The van der Waals surface area contributed by atoms with E-state index in [9.17, 15) is 22.4 Å². The van der Waals surface area contributed by atoms with Crippen LogP contribution >= 0.6 is 0 Å². The molecule has 1 fully saturated rings. The molecule has 1 heterocycles. The fraction of sp³-hybridized carbons (Fsp3) is 0.455. The van der Waals surface area contributed by atoms with Gasteiger partial charge in [-0.2, -0.15) is 18.2 Å². The summed E-state index contributed by atoms with van der Waals surface area (Å²) in [5, 5.41) is 16.4. The van der Waals surface area contributed by atoms with Crippen molar-refractivity contribution >= 4 is 29.3 Å². The molecule has 12 heteroatoms. The number of hydrogen-bond donors (Lipinski definition) is 4. The van der Waals surface area contributed by atoms with E-state index < -0.39 is 12.1 Å². The summed E-state index contributed by atoms with van der Waals surface area (Å²) >= 11 is 0. The number of aliphatic carboxylic acids is 1. The second kappa shape index (κ2) is 12.1. The average molecular weight is 485 g/mol. The van der Waals surface area contributed by atoms with Gasteiger partial charge < -0.3 is 21.1 Å². The molecule has 1 amide bonds. The number of hydrogen-bond acceptors (Lipinski definition) is 6. The lowest BCUT2D eigenvalue weighted by Crippen LogP contribution is -2.29. The lowest BCUT2D eigenvalue weighted by Gasteiger charge is -2.13. The minimum atomic E-state index is -5.08. The Bertz CT molecular complexity index is 981. The van der Waals surface area contributed by atoms with Gasteiger partial charge in [-0.05, 0) is 43.4 Å². The van der Waals surface area contributed by atoms with Gasteiger partial charge in [0.05, 0.1) is 0 Å². The van der Waals surface area contributed by atoms with Crippen molar-refractivity contribution in [3.05, 3.63) is 41.8 Å². The van der Waals surface area contributed by atoms with Crippen LogP contribution in [0.3, 0.4) is 0 Å². The molecular weight excluding hydrogens is 458 g/mol. The minimum absolute atomic E-state index is 0.00208. The first-order valence-corrected chi connectivity index (χ1v) is 10.7. The monoisotopic (exact) mass is 485 g/mol. The molecule has 0 atom stereocenters. The number of nitrogens with zero attached hydrogens (tertiary/aromatic N) is 2. The van der Waals surface area contributed by atoms with Crippen LogP contribution in [0.5, 0.6) is 0 Å². The van der Waals surface area contributed by atoms with Crippen molar-refractivity contribution in [1.29, 1.82) is 0 Å². The second-order valence-corrected chi connectivity index (χ2v) is 7.94. The predicted molar refractivity (Wildman–Crippen MR) is 118 cm³/mol. The first-order chi connectivity index (χ1) is 16.0. The number of benzene rings is 1. The number of carbonyl (C=O) groups is 2. The zero-order chi connectivity index (χ0) is 25.3. The highest BCUT2D eigenvalue weighted by molar-refractivity contribution is 5.77. The Morgan fingerprint density at radius 3 is 2.44 bits per heavy atom. The molecule has 1 aliphatic carbocycles. The van der Waals surface area contributed by atoms with Crippen LogP contribution in [-0.2, 0) is 9.59 Å². The number of nitrogens with one attached hydrogen (secondary N) is 3. The van der Waals surface area contributed by atoms with Crippen LogP contribution in [0.2, 0.25) is 0 Å². The number of carboxylic acid groups (broad SMARTS) is 1. The van der Waals surface area contributed by atoms with Crippen molar-refractivity contribution in [3.63, 3.8) is 0 Å². The van der Waals surface area contributed by atoms with Gasteiger partial charge in [0.2, 0.25) is 11.9 Å². The lowest BCUT2D eigenvalue weighted by atomic mass is 10.2. The molecule has 0 unspecified atom stereocenters. The zero-order valence-electron chi connectivity index (χ0n) is 18.7. The Balaban J connectivity index is 0.000000509. The fourth-order valence-electron chi connectivity index (χ4n) is 2.69. The third kappa shape index (κ3) is 9.20. The molecule has 3 rings (SSSR count). The van der Waals surface area contributed by atoms with Crippen LogP contribution < -0.4 is 16.0 Å². The topological polar surface area (TPSA) is 116 Å². The van der Waals surface area contributed by atoms with Gasteiger partial charge in [-0.15, -0.1) is 0 Å². The largest absolute Gasteiger partial charge is 0.490 e. The third-order valence-electron chi connectivity index (χ3n) is 4.63. The van der Waals surface area contributed by atoms with Crippen molar-refractivity contribution in [3.8, 4) is 0 Å². The van der Waals surface area contributed by atoms with Gasteiger partial charge in [0.15, 0.2) is 0 Å². The van der Waals surface area contributed by atoms with Crippen molar-refractivity contribution in [2.75, 3.05) is 23.7 Å². The van der Waals surface area contributed by atoms with Crippen LogP contribution in [0.15, 0.2) is 30.5 Å². The number of alkyl halides is 3. The van der Waals surface area contributed by atoms with E-state index in [1.807, 2.05) is 20.0 Å². The molecule has 4 N–H and O–H groups in total. The summed E-state index contributed by atoms with van der Waals surface area (Å²) in [5.41, 5.74) is 1.72. The Kier molecular flexibility index (Phi) is 9.58. The standard InChI is InChI=1S/C20H26FN5O.C2HF3O2/c1-13(2)19(27)23-10-4-9-22-18-17(14-7-8-14)12-24-20(26-18)25-16-6-3-5-15(21)11-16;3-2(4,5)1(6)7/h3,5-6,11-14H,4,7-10H2,1-2H3,(H,23,27)(H2,22,24,25,26);(H,6,7). The summed E-state index contributed by atoms with van der Waals surface area (Å²) in [7, 11) is 0. The number of halogens is 4. The van der Waals surface area contributed by atoms with Crippen LogP contribution in [0.25, 0.3) is 0 Å². The highest BCUT2D eigenvalue weighted by Gasteiger charge is 2.38. The Labute approximate surface area is 194 Å². The van der Waals surface area contributed by atoms with Gasteiger partial charge in [-0.25, -0.2) is 14.2 Å². The maximum absolute atomic E-state index is 13.4. The second-order valence-electron chi connectivity index (χ2n) is 7.94. The third-order valence-corrected chi connectivity index (χ3v) is 4.63. The van der Waals surface area contributed by atoms with Gasteiger partial charge in [0, 0.05) is 36.5 Å². The molecule has 0 spiro atoms. The number of carboxylic acids is 1. The number of amides is 1. The van der Waals surface area contributed by atoms with Gasteiger partial charge in [0.25, 0.3) is 0 Å². The molecule has 0 aliphatic heterocycles. The molecule has 0 saturated heterocycles. The molecule has 0 bridgehead atoms. The zero-order valence-corrected chi connectivity index (χ0v) is 18.7. The number of rotatable bonds is 9. The maximum atomic E-state index is 13.4. The van der Waals surface area contributed by atoms with Crippen molar-refractivity contribution in [1.82, 2.24) is 15.3 Å². The Morgan fingerprint density at radius 1 is 1.21 bits per heavy atom. The summed E-state index contributed by atoms with van der Waals surface area (Å²) in [6.45, 7) is 5.09. The van der Waals surface area contributed by atoms with E-state index >= 15 is 0 Å². The Morgan fingerprint density at radius 2 is 1.88 bits per heavy atom. The number of carbonyl (C=O) groups excluding carboxylic acids is 1. The van der Waals surface area contributed by atoms with E-state index in [4.69, 9.17) is 9.90 Å². The SMILES string of the molecule is CC(C)C(=O)NCCCNc1nc(Nc2cccc(F)c2)ncc1C1CC1.O=C(O)C(F)(F)F. The molecule has 1 aliphatic rings. The van der Waals surface area contributed by atoms with Crippen molar-refractivity contribution < 1.29 is 32.3 Å². The number of aromatic nitrogens is 2. The van der Waals surface area contributed by atoms with Gasteiger partial charge in [-0.1, -0.05) is 19.9 Å². The molecule has 186 valence electrons. The van der Waals surface area contributed by atoms with Crippen LogP contribution in [0.1, 0.15) is 44.6 Å². The first-order valence-electron chi connectivity index (χ1n) is 10.7. The average Bonchev–Trinajstić information content (AvgIpc) is 3.58. The highest BCUT2D eigenvalue weighted by Crippen LogP contribution is 2.42. The smallest absolute Gasteiger partial charge is 0.475 e. The quantitative estimate of drug-likeness (QED) is 0.306. The summed E-state index contributed by atoms with van der Waals surface area (Å²) in [6, 6.07) is 6.21. The van der Waals surface area contributed by atoms with E-state index in [0.29, 0.717) is 30.6 Å². The fourth-order valence-corrected chi connectivity index (χ4v) is 2.69. The van der Waals surface area contributed by atoms with Crippen LogP contribution in [0.4, 0.5) is 35.0 Å². The Hall–Kier alpha value is -3.44. The van der Waals surface area contributed by atoms with Gasteiger partial charge in [-0.3, -0.25) is 4.79 Å². The maximum Gasteiger partial charge on any atom is 0.490 e. The summed E-state index contributed by atoms with van der Waals surface area (Å²) in [5.74, 6) is -1.25. The van der Waals surface area contributed by atoms with Gasteiger partial charge >= 0.3 is 12.1 Å². The number of anilines is 3. The van der Waals surface area contributed by atoms with E-state index in [0.717, 1.165) is 30.6 Å². The van der Waals surface area contributed by atoms with E-state index in [2.05, 4.69) is 25.9 Å². The lowest BCUT2D eigenvalue weighted by molar-refractivity contribution is -0.192. The van der Waals surface area contributed by atoms with E-state index in [1.54, 1.807) is 12.1 Å². The van der Waals surface area contributed by atoms with E-state index in [1.165, 1.54) is 12.1 Å². The highest BCUT2D eigenvalue weighted by atomic mass is 19.4. The minimum Gasteiger partial charge on any atom is -0.475 e. The predicted octanol–water partition coefficient (Wildman–Crippen LogP) is 4.44. The molecule has 0 radical (unpaired) electrons. The van der Waals surface area contributed by atoms with Crippen molar-refractivity contribution in [2.45, 2.75) is 45.2 Å². The molecule has 1 aromatic carbocycles. The summed E-state index contributed by atoms with van der Waals surface area (Å²) in [4.78, 5) is 29.4. The summed E-state index contributed by atoms with van der Waals surface area (Å²) in [6.07, 6.45) is -0.132. The van der Waals surface area contributed by atoms with Crippen molar-refractivity contribution in [2.24, 2.45) is 5.92 Å².